The fourth-order valence-corrected chi connectivity index (χ4v) is 9.05. The molecule has 1 aromatic heterocycles. The monoisotopic (exact) mass is 699 g/mol. The van der Waals surface area contributed by atoms with Crippen LogP contribution in [0.15, 0.2) is 47.3 Å². The number of carbonyl (C=O) groups is 3. The van der Waals surface area contributed by atoms with Crippen molar-refractivity contribution in [1.82, 2.24) is 29.8 Å². The lowest BCUT2D eigenvalue weighted by atomic mass is 9.73. The number of halogens is 1. The van der Waals surface area contributed by atoms with Gasteiger partial charge in [0.1, 0.15) is 5.82 Å². The van der Waals surface area contributed by atoms with Crippen LogP contribution in [0, 0.1) is 17.2 Å². The number of aromatic nitrogens is 2. The Kier molecular flexibility index (Phi) is 10.5. The molecule has 2 atom stereocenters. The zero-order valence-electron chi connectivity index (χ0n) is 29.5. The van der Waals surface area contributed by atoms with Gasteiger partial charge in [-0.1, -0.05) is 43.5 Å². The molecule has 1 aliphatic carbocycles. The Hall–Kier alpha value is -4.16. The van der Waals surface area contributed by atoms with Crippen LogP contribution in [0.4, 0.5) is 4.39 Å². The van der Waals surface area contributed by atoms with Crippen LogP contribution < -0.4 is 11.3 Å². The molecule has 7 rings (SSSR count). The topological polar surface area (TPSA) is 136 Å². The molecule has 4 fully saturated rings. The van der Waals surface area contributed by atoms with Gasteiger partial charge in [-0.05, 0) is 74.8 Å². The second-order valence-electron chi connectivity index (χ2n) is 15.3. The number of benzene rings is 2. The third-order valence-corrected chi connectivity index (χ3v) is 11.8. The van der Waals surface area contributed by atoms with Gasteiger partial charge in [0.15, 0.2) is 0 Å². The number of aromatic amines is 1. The van der Waals surface area contributed by atoms with E-state index in [0.717, 1.165) is 71.0 Å². The summed E-state index contributed by atoms with van der Waals surface area (Å²) in [4.78, 5) is 60.4. The largest absolute Gasteiger partial charge is 0.341 e. The maximum absolute atomic E-state index is 15.0. The summed E-state index contributed by atoms with van der Waals surface area (Å²) in [6.07, 6.45) is 10.0. The number of nitrogens with two attached hydrogens (primary N) is 1. The molecule has 0 radical (unpaired) electrons. The van der Waals surface area contributed by atoms with Crippen LogP contribution in [0.1, 0.15) is 79.4 Å². The fourth-order valence-electron chi connectivity index (χ4n) is 9.05. The number of hydrogen-bond donors (Lipinski definition) is 2. The molecular weight excluding hydrogens is 649 g/mol. The van der Waals surface area contributed by atoms with E-state index in [1.165, 1.54) is 12.5 Å². The van der Waals surface area contributed by atoms with E-state index in [9.17, 15) is 19.2 Å². The molecule has 3 amide bonds. The highest BCUT2D eigenvalue weighted by atomic mass is 19.1. The molecule has 1 unspecified atom stereocenters. The first kappa shape index (κ1) is 35.3. The van der Waals surface area contributed by atoms with Crippen LogP contribution in [0.2, 0.25) is 0 Å². The lowest BCUT2D eigenvalue weighted by Gasteiger charge is -2.49. The van der Waals surface area contributed by atoms with Gasteiger partial charge in [-0.25, -0.2) is 9.49 Å². The van der Waals surface area contributed by atoms with Crippen molar-refractivity contribution in [2.45, 2.75) is 70.3 Å². The van der Waals surface area contributed by atoms with Gasteiger partial charge in [-0.2, -0.15) is 5.10 Å². The maximum atomic E-state index is 15.0. The first-order valence-corrected chi connectivity index (χ1v) is 18.8. The van der Waals surface area contributed by atoms with E-state index in [4.69, 9.17) is 5.73 Å². The van der Waals surface area contributed by atoms with E-state index >= 15 is 4.39 Å². The summed E-state index contributed by atoms with van der Waals surface area (Å²) < 4.78 is 15.0. The average molecular weight is 700 g/mol. The smallest absolute Gasteiger partial charge is 0.272 e. The molecule has 3 N–H and O–H groups in total. The maximum Gasteiger partial charge on any atom is 0.272 e. The zero-order valence-corrected chi connectivity index (χ0v) is 29.5. The number of likely N-dealkylation sites (tertiary alicyclic amines) is 2. The number of nitrogens with zero attached hydrogens (tertiary/aromatic N) is 5. The minimum absolute atomic E-state index is 0.0106. The lowest BCUT2D eigenvalue weighted by Crippen LogP contribution is -2.58. The molecule has 4 heterocycles. The van der Waals surface area contributed by atoms with Crippen LogP contribution in [0.3, 0.4) is 0 Å². The summed E-state index contributed by atoms with van der Waals surface area (Å²) in [6.45, 7) is 4.86. The molecule has 11 nitrogen and oxygen atoms in total. The second kappa shape index (κ2) is 15.2. The number of piperazine rings is 1. The standard InChI is InChI=1S/C39H50FN7O4/c40-32-13-12-27(23-33-29-10-4-5-11-30(29)36(49)43-42-33)22-31(32)37(50)46-20-18-45(19-21-46)34(48)24-44-16-6-14-39(25-44)15-7-17-47(26-39)38(51)35(41)28-8-2-1-3-9-28/h4-5,10-13,22,28,35H,1-3,6-9,14-21,23-26,41H2,(H,43,49)/t35-,39?/m1/s1. The van der Waals surface area contributed by atoms with Crippen molar-refractivity contribution in [3.05, 3.63) is 75.5 Å². The van der Waals surface area contributed by atoms with E-state index in [0.29, 0.717) is 67.7 Å². The van der Waals surface area contributed by atoms with Crippen molar-refractivity contribution in [2.24, 2.45) is 17.1 Å². The Morgan fingerprint density at radius 3 is 2.33 bits per heavy atom. The highest BCUT2D eigenvalue weighted by Gasteiger charge is 2.42. The molecule has 3 aromatic rings. The molecule has 3 aliphatic heterocycles. The number of rotatable bonds is 7. The number of carbonyl (C=O) groups excluding carboxylic acids is 3. The van der Waals surface area contributed by atoms with Gasteiger partial charge in [0.2, 0.25) is 11.8 Å². The van der Waals surface area contributed by atoms with Gasteiger partial charge >= 0.3 is 0 Å². The Balaban J connectivity index is 0.926. The van der Waals surface area contributed by atoms with Crippen molar-refractivity contribution >= 4 is 28.5 Å². The zero-order chi connectivity index (χ0) is 35.5. The summed E-state index contributed by atoms with van der Waals surface area (Å²) in [5.41, 5.74) is 7.57. The summed E-state index contributed by atoms with van der Waals surface area (Å²) in [7, 11) is 0. The van der Waals surface area contributed by atoms with Crippen LogP contribution >= 0.6 is 0 Å². The third kappa shape index (κ3) is 7.72. The number of hydrogen-bond acceptors (Lipinski definition) is 7. The summed E-state index contributed by atoms with van der Waals surface area (Å²) in [5, 5.41) is 7.99. The van der Waals surface area contributed by atoms with Crippen molar-refractivity contribution in [3.8, 4) is 0 Å². The molecular formula is C39H50FN7O4. The first-order chi connectivity index (χ1) is 24.7. The number of fused-ring (bicyclic) bond motifs is 1. The normalized spacial score (nSPS) is 22.7. The predicted molar refractivity (Wildman–Crippen MR) is 193 cm³/mol. The molecule has 272 valence electrons. The highest BCUT2D eigenvalue weighted by molar-refractivity contribution is 5.95. The lowest BCUT2D eigenvalue weighted by molar-refractivity contribution is -0.141. The van der Waals surface area contributed by atoms with Gasteiger partial charge in [0, 0.05) is 63.0 Å². The van der Waals surface area contributed by atoms with Crippen molar-refractivity contribution in [1.29, 1.82) is 0 Å². The van der Waals surface area contributed by atoms with Gasteiger partial charge in [0.25, 0.3) is 11.5 Å². The second-order valence-corrected chi connectivity index (χ2v) is 15.3. The Morgan fingerprint density at radius 1 is 0.863 bits per heavy atom. The molecule has 51 heavy (non-hydrogen) atoms. The van der Waals surface area contributed by atoms with Gasteiger partial charge in [-0.3, -0.25) is 24.1 Å². The van der Waals surface area contributed by atoms with Crippen LogP contribution in [0.25, 0.3) is 10.8 Å². The van der Waals surface area contributed by atoms with Crippen molar-refractivity contribution in [3.63, 3.8) is 0 Å². The fraction of sp³-hybridized carbons (Fsp3) is 0.564. The predicted octanol–water partition coefficient (Wildman–Crippen LogP) is 3.55. The Bertz CT molecular complexity index is 1810. The molecule has 4 aliphatic rings. The van der Waals surface area contributed by atoms with E-state index in [-0.39, 0.29) is 34.3 Å². The summed E-state index contributed by atoms with van der Waals surface area (Å²) in [6, 6.07) is 11.3. The van der Waals surface area contributed by atoms with Crippen molar-refractivity contribution < 1.29 is 18.8 Å². The molecule has 12 heteroatoms. The summed E-state index contributed by atoms with van der Waals surface area (Å²) in [5.74, 6) is -0.571. The minimum Gasteiger partial charge on any atom is -0.341 e. The SMILES string of the molecule is N[C@@H](C(=O)N1CCCC2(CCCN(CC(=O)N3CCN(C(=O)c4cc(Cc5n[nH]c(=O)c6ccccc56)ccc4F)CC3)C2)C1)C1CCCCC1. The number of piperidine rings is 2. The van der Waals surface area contributed by atoms with Crippen LogP contribution in [-0.2, 0) is 16.0 Å². The average Bonchev–Trinajstić information content (AvgIpc) is 3.16. The molecule has 2 aromatic carbocycles. The van der Waals surface area contributed by atoms with Crippen LogP contribution in [0.5, 0.6) is 0 Å². The highest BCUT2D eigenvalue weighted by Crippen LogP contribution is 2.39. The van der Waals surface area contributed by atoms with E-state index in [1.807, 2.05) is 21.9 Å². The van der Waals surface area contributed by atoms with Gasteiger partial charge in [0.05, 0.1) is 29.2 Å². The number of amides is 3. The van der Waals surface area contributed by atoms with Gasteiger partial charge in [-0.15, -0.1) is 0 Å². The molecule has 0 bridgehead atoms. The molecule has 1 saturated carbocycles. The molecule has 1 spiro atoms. The third-order valence-electron chi connectivity index (χ3n) is 11.8. The minimum atomic E-state index is -0.598. The summed E-state index contributed by atoms with van der Waals surface area (Å²) >= 11 is 0. The number of nitrogens with one attached hydrogen (secondary N) is 1. The Morgan fingerprint density at radius 2 is 1.57 bits per heavy atom. The van der Waals surface area contributed by atoms with Crippen LogP contribution in [-0.4, -0.2) is 112 Å². The quantitative estimate of drug-likeness (QED) is 0.385. The van der Waals surface area contributed by atoms with E-state index in [2.05, 4.69) is 15.1 Å². The first-order valence-electron chi connectivity index (χ1n) is 18.8. The van der Waals surface area contributed by atoms with E-state index in [1.54, 1.807) is 29.2 Å². The number of H-pyrrole nitrogens is 1. The molecule has 3 saturated heterocycles. The Labute approximate surface area is 298 Å². The van der Waals surface area contributed by atoms with Gasteiger partial charge < -0.3 is 20.4 Å². The van der Waals surface area contributed by atoms with E-state index < -0.39 is 17.8 Å². The van der Waals surface area contributed by atoms with Crippen molar-refractivity contribution in [2.75, 3.05) is 58.9 Å².